The molecule has 19 heavy (non-hydrogen) atoms. The van der Waals surface area contributed by atoms with Gasteiger partial charge in [-0.1, -0.05) is 17.7 Å². The molecule has 0 amide bonds. The normalized spacial score (nSPS) is 17.3. The lowest BCUT2D eigenvalue weighted by Gasteiger charge is -2.25. The highest BCUT2D eigenvalue weighted by Gasteiger charge is 2.28. The molecule has 0 saturated heterocycles. The number of benzene rings is 1. The van der Waals surface area contributed by atoms with Crippen molar-refractivity contribution in [2.24, 2.45) is 5.73 Å². The zero-order chi connectivity index (χ0) is 14.0. The molecule has 0 radical (unpaired) electrons. The summed E-state index contributed by atoms with van der Waals surface area (Å²) in [6, 6.07) is 3.96. The van der Waals surface area contributed by atoms with Gasteiger partial charge >= 0.3 is 0 Å². The van der Waals surface area contributed by atoms with Crippen LogP contribution in [0, 0.1) is 5.82 Å². The van der Waals surface area contributed by atoms with Gasteiger partial charge in [0.15, 0.2) is 0 Å². The number of nitrogens with two attached hydrogens (primary N) is 1. The van der Waals surface area contributed by atoms with Crippen LogP contribution < -0.4 is 5.73 Å². The first-order chi connectivity index (χ1) is 8.95. The molecule has 1 aromatic rings. The van der Waals surface area contributed by atoms with E-state index in [1.165, 1.54) is 16.4 Å². The summed E-state index contributed by atoms with van der Waals surface area (Å²) in [5.74, 6) is -0.733. The van der Waals surface area contributed by atoms with Crippen LogP contribution in [0.25, 0.3) is 0 Å². The van der Waals surface area contributed by atoms with Gasteiger partial charge < -0.3 is 5.73 Å². The van der Waals surface area contributed by atoms with E-state index < -0.39 is 15.8 Å². The van der Waals surface area contributed by atoms with Gasteiger partial charge in [0.25, 0.3) is 0 Å². The van der Waals surface area contributed by atoms with E-state index >= 15 is 0 Å². The van der Waals surface area contributed by atoms with Crippen molar-refractivity contribution in [2.45, 2.75) is 24.8 Å². The molecule has 0 unspecified atom stereocenters. The molecule has 1 aliphatic rings. The second-order valence-electron chi connectivity index (χ2n) is 4.63. The lowest BCUT2D eigenvalue weighted by atomic mass is 10.1. The third-order valence-corrected chi connectivity index (χ3v) is 5.13. The van der Waals surface area contributed by atoms with Crippen molar-refractivity contribution in [1.29, 1.82) is 0 Å². The number of sulfonamides is 1. The van der Waals surface area contributed by atoms with Gasteiger partial charge in [-0.05, 0) is 31.0 Å². The minimum Gasteiger partial charge on any atom is -0.326 e. The van der Waals surface area contributed by atoms with Crippen molar-refractivity contribution in [3.05, 3.63) is 41.2 Å². The zero-order valence-corrected chi connectivity index (χ0v) is 11.6. The van der Waals surface area contributed by atoms with E-state index in [-0.39, 0.29) is 11.4 Å². The van der Waals surface area contributed by atoms with Crippen LogP contribution in [0.5, 0.6) is 0 Å². The Bertz CT molecular complexity index is 611. The molecule has 104 valence electrons. The highest BCUT2D eigenvalue weighted by molar-refractivity contribution is 7.89. The topological polar surface area (TPSA) is 63.4 Å². The van der Waals surface area contributed by atoms with Crippen LogP contribution in [0.4, 0.5) is 4.39 Å². The van der Waals surface area contributed by atoms with Gasteiger partial charge in [0.1, 0.15) is 10.7 Å². The van der Waals surface area contributed by atoms with Crippen LogP contribution in [0.15, 0.2) is 34.7 Å². The van der Waals surface area contributed by atoms with E-state index in [2.05, 4.69) is 0 Å². The Kier molecular flexibility index (Phi) is 4.03. The summed E-state index contributed by atoms with van der Waals surface area (Å²) in [6.45, 7) is 2.82. The zero-order valence-electron chi connectivity index (χ0n) is 10.8. The van der Waals surface area contributed by atoms with E-state index in [0.717, 1.165) is 11.6 Å². The molecule has 0 saturated carbocycles. The highest BCUT2D eigenvalue weighted by Crippen LogP contribution is 2.23. The van der Waals surface area contributed by atoms with Crippen LogP contribution in [0.1, 0.15) is 18.9 Å². The van der Waals surface area contributed by atoms with Crippen molar-refractivity contribution in [3.8, 4) is 0 Å². The molecule has 4 nitrogen and oxygen atoms in total. The maximum atomic E-state index is 13.8. The Morgan fingerprint density at radius 1 is 1.42 bits per heavy atom. The standard InChI is InChI=1S/C13H17FN2O2S/c1-10-4-6-16(7-5-10)19(17,18)13-8-11(9-15)2-3-12(13)14/h2-4,8H,5-7,9,15H2,1H3. The quantitative estimate of drug-likeness (QED) is 0.858. The second kappa shape index (κ2) is 5.40. The molecule has 6 heteroatoms. The second-order valence-corrected chi connectivity index (χ2v) is 6.54. The van der Waals surface area contributed by atoms with Gasteiger partial charge in [-0.25, -0.2) is 12.8 Å². The van der Waals surface area contributed by atoms with Gasteiger partial charge in [-0.3, -0.25) is 0 Å². The number of hydrogen-bond donors (Lipinski definition) is 1. The van der Waals surface area contributed by atoms with Gasteiger partial charge in [0, 0.05) is 19.6 Å². The highest BCUT2D eigenvalue weighted by atomic mass is 32.2. The van der Waals surface area contributed by atoms with Crippen LogP contribution in [0.3, 0.4) is 0 Å². The summed E-state index contributed by atoms with van der Waals surface area (Å²) in [4.78, 5) is -0.289. The average Bonchev–Trinajstić information content (AvgIpc) is 2.39. The SMILES string of the molecule is CC1=CCN(S(=O)(=O)c2cc(CN)ccc2F)CC1. The fourth-order valence-corrected chi connectivity index (χ4v) is 3.48. The molecule has 0 bridgehead atoms. The smallest absolute Gasteiger partial charge is 0.246 e. The predicted molar refractivity (Wildman–Crippen MR) is 71.4 cm³/mol. The summed E-state index contributed by atoms with van der Waals surface area (Å²) in [5.41, 5.74) is 7.22. The number of halogens is 1. The van der Waals surface area contributed by atoms with Gasteiger partial charge in [0.2, 0.25) is 10.0 Å². The van der Waals surface area contributed by atoms with Gasteiger partial charge in [-0.15, -0.1) is 0 Å². The Morgan fingerprint density at radius 2 is 2.16 bits per heavy atom. The monoisotopic (exact) mass is 284 g/mol. The first-order valence-corrected chi connectivity index (χ1v) is 7.53. The maximum Gasteiger partial charge on any atom is 0.246 e. The number of rotatable bonds is 3. The third-order valence-electron chi connectivity index (χ3n) is 3.25. The molecule has 0 atom stereocenters. The molecule has 1 aromatic carbocycles. The van der Waals surface area contributed by atoms with E-state index in [1.54, 1.807) is 0 Å². The van der Waals surface area contributed by atoms with E-state index in [1.807, 2.05) is 13.0 Å². The van der Waals surface area contributed by atoms with Crippen LogP contribution in [-0.4, -0.2) is 25.8 Å². The van der Waals surface area contributed by atoms with E-state index in [0.29, 0.717) is 25.1 Å². The molecule has 0 aromatic heterocycles. The molecule has 1 aliphatic heterocycles. The van der Waals surface area contributed by atoms with Gasteiger partial charge in [-0.2, -0.15) is 4.31 Å². The summed E-state index contributed by atoms with van der Waals surface area (Å²) in [5, 5.41) is 0. The number of nitrogens with zero attached hydrogens (tertiary/aromatic N) is 1. The Morgan fingerprint density at radius 3 is 2.74 bits per heavy atom. The molecule has 0 fully saturated rings. The van der Waals surface area contributed by atoms with Gasteiger partial charge in [0.05, 0.1) is 0 Å². The third kappa shape index (κ3) is 2.86. The average molecular weight is 284 g/mol. The molecule has 0 aliphatic carbocycles. The fourth-order valence-electron chi connectivity index (χ4n) is 1.98. The van der Waals surface area contributed by atoms with Crippen molar-refractivity contribution < 1.29 is 12.8 Å². The van der Waals surface area contributed by atoms with Crippen molar-refractivity contribution >= 4 is 10.0 Å². The van der Waals surface area contributed by atoms with Crippen LogP contribution >= 0.6 is 0 Å². The van der Waals surface area contributed by atoms with Crippen molar-refractivity contribution in [3.63, 3.8) is 0 Å². The first-order valence-electron chi connectivity index (χ1n) is 6.09. The minimum atomic E-state index is -3.79. The first kappa shape index (κ1) is 14.2. The molecule has 2 N–H and O–H groups in total. The number of hydrogen-bond acceptors (Lipinski definition) is 3. The van der Waals surface area contributed by atoms with Crippen molar-refractivity contribution in [2.75, 3.05) is 13.1 Å². The maximum absolute atomic E-state index is 13.8. The minimum absolute atomic E-state index is 0.182. The molecular weight excluding hydrogens is 267 g/mol. The molecule has 2 rings (SSSR count). The summed E-state index contributed by atoms with van der Waals surface area (Å²) >= 11 is 0. The Balaban J connectivity index is 2.39. The fraction of sp³-hybridized carbons (Fsp3) is 0.385. The van der Waals surface area contributed by atoms with E-state index in [9.17, 15) is 12.8 Å². The lowest BCUT2D eigenvalue weighted by molar-refractivity contribution is 0.427. The Hall–Kier alpha value is -1.24. The van der Waals surface area contributed by atoms with Crippen molar-refractivity contribution in [1.82, 2.24) is 4.31 Å². The van der Waals surface area contributed by atoms with Crippen LogP contribution in [0.2, 0.25) is 0 Å². The largest absolute Gasteiger partial charge is 0.326 e. The summed E-state index contributed by atoms with van der Waals surface area (Å²) in [7, 11) is -3.79. The molecule has 0 spiro atoms. The predicted octanol–water partition coefficient (Wildman–Crippen LogP) is 1.63. The lowest BCUT2D eigenvalue weighted by Crippen LogP contribution is -2.35. The van der Waals surface area contributed by atoms with E-state index in [4.69, 9.17) is 5.73 Å². The summed E-state index contributed by atoms with van der Waals surface area (Å²) in [6.07, 6.45) is 2.53. The Labute approximate surface area is 112 Å². The van der Waals surface area contributed by atoms with Crippen LogP contribution in [-0.2, 0) is 16.6 Å². The molecule has 1 heterocycles. The summed E-state index contributed by atoms with van der Waals surface area (Å²) < 4.78 is 39.9. The molecular formula is C13H17FN2O2S.